The monoisotopic (exact) mass is 590 g/mol. The van der Waals surface area contributed by atoms with E-state index in [1.807, 2.05) is 0 Å². The third kappa shape index (κ3) is 5.55. The molecule has 0 amide bonds. The Morgan fingerprint density at radius 3 is 2.49 bits per heavy atom. The molecular weight excluding hydrogens is 565 g/mol. The first kappa shape index (κ1) is 28.3. The van der Waals surface area contributed by atoms with Crippen LogP contribution in [0.3, 0.4) is 0 Å². The number of hydrogen-bond acceptors (Lipinski definition) is 11. The molecule has 1 atom stereocenters. The average molecular weight is 591 g/mol. The molecule has 4 aromatic rings. The molecule has 4 aromatic heterocycles. The van der Waals surface area contributed by atoms with Crippen LogP contribution in [0.15, 0.2) is 40.5 Å². The van der Waals surface area contributed by atoms with Gasteiger partial charge in [0.25, 0.3) is 5.56 Å². The second-order valence-electron chi connectivity index (χ2n) is 9.42. The van der Waals surface area contributed by atoms with Crippen molar-refractivity contribution in [1.29, 1.82) is 0 Å². The summed E-state index contributed by atoms with van der Waals surface area (Å²) in [6.07, 6.45) is 0.713. The maximum Gasteiger partial charge on any atom is 0.409 e. The normalized spacial score (nSPS) is 14.7. The quantitative estimate of drug-likeness (QED) is 0.305. The molecule has 1 aliphatic carbocycles. The Labute approximate surface area is 232 Å². The summed E-state index contributed by atoms with van der Waals surface area (Å²) in [6.45, 7) is 2.25. The molecule has 0 radical (unpaired) electrons. The number of nitrogens with one attached hydrogen (secondary N) is 1. The fourth-order valence-electron chi connectivity index (χ4n) is 4.20. The molecule has 1 aliphatic rings. The van der Waals surface area contributed by atoms with Gasteiger partial charge in [-0.1, -0.05) is 6.92 Å². The minimum atomic E-state index is -4.78. The summed E-state index contributed by atoms with van der Waals surface area (Å²) in [7, 11) is -2.06. The van der Waals surface area contributed by atoms with E-state index in [-0.39, 0.29) is 51.8 Å². The molecule has 4 heterocycles. The smallest absolute Gasteiger partial charge is 0.409 e. The third-order valence-corrected chi connectivity index (χ3v) is 8.41. The Bertz CT molecular complexity index is 1780. The van der Waals surface area contributed by atoms with Crippen molar-refractivity contribution >= 4 is 26.8 Å². The molecular formula is C25H25F3N8O4S. The number of ether oxygens (including phenoxy) is 1. The summed E-state index contributed by atoms with van der Waals surface area (Å²) in [5.41, 5.74) is -0.142. The molecule has 1 fully saturated rings. The van der Waals surface area contributed by atoms with Crippen LogP contribution in [0.5, 0.6) is 5.88 Å². The van der Waals surface area contributed by atoms with Crippen LogP contribution in [0.1, 0.15) is 50.0 Å². The number of hydrogen-bond donors (Lipinski definition) is 1. The topological polar surface area (TPSA) is 155 Å². The number of fused-ring (bicyclic) bond motifs is 1. The molecule has 0 spiro atoms. The van der Waals surface area contributed by atoms with Gasteiger partial charge < -0.3 is 10.1 Å². The zero-order valence-electron chi connectivity index (χ0n) is 22.2. The summed E-state index contributed by atoms with van der Waals surface area (Å²) in [5.74, 6) is -0.188. The van der Waals surface area contributed by atoms with Crippen LogP contribution < -0.4 is 15.6 Å². The standard InChI is InChI=1S/C25H25F3N8O4S/c1-4-41(38,39)16-8-7-15(29-10-16)9-30-21-24(37)36(13(2)25(26,27)28)22-17(34-21)11-31-20(35-22)18-19(14-5-6-14)32-12-33-23(18)40-3/h7-8,10-14H,4-6,9H2,1-3H3,(H,30,34)/t13-/m0/s1. The molecule has 0 unspecified atom stereocenters. The Kier molecular flexibility index (Phi) is 7.35. The van der Waals surface area contributed by atoms with Crippen LogP contribution in [0.4, 0.5) is 19.0 Å². The van der Waals surface area contributed by atoms with Crippen molar-refractivity contribution < 1.29 is 26.3 Å². The minimum Gasteiger partial charge on any atom is -0.480 e. The van der Waals surface area contributed by atoms with Crippen molar-refractivity contribution in [2.45, 2.75) is 56.3 Å². The maximum absolute atomic E-state index is 14.0. The number of sulfone groups is 1. The predicted octanol–water partition coefficient (Wildman–Crippen LogP) is 3.45. The summed E-state index contributed by atoms with van der Waals surface area (Å²) in [6, 6.07) is 0.556. The van der Waals surface area contributed by atoms with Gasteiger partial charge >= 0.3 is 6.18 Å². The number of alkyl halides is 3. The van der Waals surface area contributed by atoms with Gasteiger partial charge in [-0.3, -0.25) is 14.3 Å². The molecule has 0 saturated heterocycles. The second-order valence-corrected chi connectivity index (χ2v) is 11.7. The number of halogens is 3. The number of aromatic nitrogens is 7. The van der Waals surface area contributed by atoms with Gasteiger partial charge in [-0.15, -0.1) is 0 Å². The van der Waals surface area contributed by atoms with E-state index in [0.29, 0.717) is 21.5 Å². The van der Waals surface area contributed by atoms with Crippen molar-refractivity contribution in [3.63, 3.8) is 0 Å². The van der Waals surface area contributed by atoms with E-state index in [9.17, 15) is 26.4 Å². The van der Waals surface area contributed by atoms with Crippen molar-refractivity contribution in [2.75, 3.05) is 18.2 Å². The van der Waals surface area contributed by atoms with Crippen molar-refractivity contribution in [2.24, 2.45) is 0 Å². The molecule has 5 rings (SSSR count). The average Bonchev–Trinajstić information content (AvgIpc) is 3.80. The molecule has 16 heteroatoms. The predicted molar refractivity (Wildman–Crippen MR) is 141 cm³/mol. The van der Waals surface area contributed by atoms with Gasteiger partial charge in [0.15, 0.2) is 27.1 Å². The highest BCUT2D eigenvalue weighted by molar-refractivity contribution is 7.91. The fraction of sp³-hybridized carbons (Fsp3) is 0.400. The van der Waals surface area contributed by atoms with E-state index >= 15 is 0 Å². The van der Waals surface area contributed by atoms with Gasteiger partial charge in [-0.05, 0) is 31.9 Å². The first-order valence-electron chi connectivity index (χ1n) is 12.6. The fourth-order valence-corrected chi connectivity index (χ4v) is 5.02. The van der Waals surface area contributed by atoms with Crippen molar-refractivity contribution in [1.82, 2.24) is 34.5 Å². The van der Waals surface area contributed by atoms with Gasteiger partial charge in [0, 0.05) is 12.1 Å². The Morgan fingerprint density at radius 2 is 1.88 bits per heavy atom. The molecule has 0 aromatic carbocycles. The number of pyridine rings is 1. The number of anilines is 1. The lowest BCUT2D eigenvalue weighted by molar-refractivity contribution is -0.162. The van der Waals surface area contributed by atoms with Crippen molar-refractivity contribution in [3.05, 3.63) is 52.6 Å². The lowest BCUT2D eigenvalue weighted by Gasteiger charge is -2.21. The summed E-state index contributed by atoms with van der Waals surface area (Å²) < 4.78 is 71.8. The Hall–Kier alpha value is -4.21. The number of methoxy groups -OCH3 is 1. The van der Waals surface area contributed by atoms with Crippen LogP contribution >= 0.6 is 0 Å². The van der Waals surface area contributed by atoms with Crippen LogP contribution in [0.25, 0.3) is 22.6 Å². The molecule has 0 bridgehead atoms. The highest BCUT2D eigenvalue weighted by atomic mass is 32.2. The minimum absolute atomic E-state index is 0.00760. The van der Waals surface area contributed by atoms with Gasteiger partial charge in [-0.25, -0.2) is 33.3 Å². The molecule has 41 heavy (non-hydrogen) atoms. The molecule has 0 aliphatic heterocycles. The lowest BCUT2D eigenvalue weighted by Crippen LogP contribution is -2.35. The van der Waals surface area contributed by atoms with E-state index < -0.39 is 27.6 Å². The highest BCUT2D eigenvalue weighted by Gasteiger charge is 2.40. The Balaban J connectivity index is 1.58. The summed E-state index contributed by atoms with van der Waals surface area (Å²) in [4.78, 5) is 38.8. The van der Waals surface area contributed by atoms with Gasteiger partial charge in [0.05, 0.1) is 41.9 Å². The van der Waals surface area contributed by atoms with E-state index in [2.05, 4.69) is 35.2 Å². The highest BCUT2D eigenvalue weighted by Crippen LogP contribution is 2.45. The SMILES string of the molecule is CCS(=O)(=O)c1ccc(CNc2nc3cnc(-c4c(OC)ncnc4C4CC4)nc3n([C@@H](C)C(F)(F)F)c2=O)nc1. The van der Waals surface area contributed by atoms with E-state index in [1.54, 1.807) is 0 Å². The lowest BCUT2D eigenvalue weighted by atomic mass is 10.1. The first-order chi connectivity index (χ1) is 19.4. The van der Waals surface area contributed by atoms with Gasteiger partial charge in [-0.2, -0.15) is 13.2 Å². The zero-order chi connectivity index (χ0) is 29.5. The molecule has 1 saturated carbocycles. The van der Waals surface area contributed by atoms with Crippen LogP contribution in [0, 0.1) is 0 Å². The summed E-state index contributed by atoms with van der Waals surface area (Å²) in [5, 5.41) is 2.72. The van der Waals surface area contributed by atoms with E-state index in [4.69, 9.17) is 4.74 Å². The number of nitrogens with zero attached hydrogens (tertiary/aromatic N) is 7. The van der Waals surface area contributed by atoms with Crippen molar-refractivity contribution in [3.8, 4) is 17.3 Å². The van der Waals surface area contributed by atoms with Gasteiger partial charge in [0.2, 0.25) is 5.88 Å². The zero-order valence-corrected chi connectivity index (χ0v) is 23.0. The largest absolute Gasteiger partial charge is 0.480 e. The first-order valence-corrected chi connectivity index (χ1v) is 14.3. The van der Waals surface area contributed by atoms with Gasteiger partial charge in [0.1, 0.15) is 23.4 Å². The van der Waals surface area contributed by atoms with Crippen LogP contribution in [-0.4, -0.2) is 61.9 Å². The van der Waals surface area contributed by atoms with Crippen LogP contribution in [0.2, 0.25) is 0 Å². The second kappa shape index (κ2) is 10.6. The maximum atomic E-state index is 14.0. The molecule has 216 valence electrons. The van der Waals surface area contributed by atoms with E-state index in [0.717, 1.165) is 19.8 Å². The van der Waals surface area contributed by atoms with Crippen LogP contribution in [-0.2, 0) is 16.4 Å². The number of rotatable bonds is 9. The summed E-state index contributed by atoms with van der Waals surface area (Å²) >= 11 is 0. The van der Waals surface area contributed by atoms with E-state index in [1.165, 1.54) is 44.9 Å². The molecule has 12 nitrogen and oxygen atoms in total. The third-order valence-electron chi connectivity index (χ3n) is 6.69. The Morgan fingerprint density at radius 1 is 1.12 bits per heavy atom. The molecule has 1 N–H and O–H groups in total.